The standard InChI is InChI=1S/C21H37N3/c1-8-23-18(3)15-24(14-17(2)13-21(4,5)6)16-19-9-11-20(22-7)12-10-19/h8-12,17-18,22-23H,1,13-16H2,2-7H3. The molecule has 3 nitrogen and oxygen atoms in total. The third kappa shape index (κ3) is 8.39. The first kappa shape index (κ1) is 20.6. The van der Waals surface area contributed by atoms with Crippen molar-refractivity contribution in [3.05, 3.63) is 42.6 Å². The fourth-order valence-electron chi connectivity index (χ4n) is 3.43. The zero-order chi connectivity index (χ0) is 18.2. The lowest BCUT2D eigenvalue weighted by atomic mass is 9.85. The lowest BCUT2D eigenvalue weighted by Crippen LogP contribution is -2.39. The largest absolute Gasteiger partial charge is 0.388 e. The number of nitrogens with one attached hydrogen (secondary N) is 2. The first-order chi connectivity index (χ1) is 11.2. The number of nitrogens with zero attached hydrogens (tertiary/aromatic N) is 1. The Balaban J connectivity index is 2.73. The molecule has 0 saturated heterocycles. The number of anilines is 1. The summed E-state index contributed by atoms with van der Waals surface area (Å²) in [7, 11) is 1.96. The second-order valence-electron chi connectivity index (χ2n) is 8.28. The van der Waals surface area contributed by atoms with E-state index in [1.165, 1.54) is 12.0 Å². The molecule has 3 heteroatoms. The maximum Gasteiger partial charge on any atom is 0.0354 e. The van der Waals surface area contributed by atoms with Crippen LogP contribution in [0.1, 0.15) is 46.6 Å². The zero-order valence-electron chi connectivity index (χ0n) is 16.5. The third-order valence-corrected chi connectivity index (χ3v) is 4.11. The van der Waals surface area contributed by atoms with Gasteiger partial charge in [-0.05, 0) is 48.6 Å². The summed E-state index contributed by atoms with van der Waals surface area (Å²) in [5.74, 6) is 0.678. The molecule has 136 valence electrons. The number of hydrogen-bond donors (Lipinski definition) is 2. The Morgan fingerprint density at radius 2 is 1.75 bits per heavy atom. The first-order valence-electron chi connectivity index (χ1n) is 9.09. The molecule has 0 fully saturated rings. The second kappa shape index (κ2) is 9.73. The van der Waals surface area contributed by atoms with E-state index in [0.717, 1.165) is 25.3 Å². The summed E-state index contributed by atoms with van der Waals surface area (Å²) in [6.07, 6.45) is 3.04. The molecule has 0 aromatic heterocycles. The van der Waals surface area contributed by atoms with Crippen LogP contribution < -0.4 is 10.6 Å². The predicted octanol–water partition coefficient (Wildman–Crippen LogP) is 4.72. The van der Waals surface area contributed by atoms with E-state index >= 15 is 0 Å². The molecule has 1 aromatic rings. The molecule has 0 aliphatic rings. The van der Waals surface area contributed by atoms with E-state index in [1.54, 1.807) is 6.20 Å². The van der Waals surface area contributed by atoms with Crippen LogP contribution in [0.5, 0.6) is 0 Å². The van der Waals surface area contributed by atoms with Gasteiger partial charge in [0.15, 0.2) is 0 Å². The third-order valence-electron chi connectivity index (χ3n) is 4.11. The molecule has 0 spiro atoms. The van der Waals surface area contributed by atoms with Gasteiger partial charge in [0.2, 0.25) is 0 Å². The van der Waals surface area contributed by atoms with E-state index in [0.29, 0.717) is 17.4 Å². The summed E-state index contributed by atoms with van der Waals surface area (Å²) in [5.41, 5.74) is 2.90. The minimum absolute atomic E-state index is 0.379. The highest BCUT2D eigenvalue weighted by atomic mass is 15.1. The van der Waals surface area contributed by atoms with Gasteiger partial charge in [0.25, 0.3) is 0 Å². The molecule has 0 bridgehead atoms. The lowest BCUT2D eigenvalue weighted by Gasteiger charge is -2.31. The van der Waals surface area contributed by atoms with Crippen LogP contribution in [0.2, 0.25) is 0 Å². The van der Waals surface area contributed by atoms with Crippen molar-refractivity contribution in [2.24, 2.45) is 11.3 Å². The number of benzene rings is 1. The molecule has 0 saturated carbocycles. The van der Waals surface area contributed by atoms with E-state index in [1.807, 2.05) is 7.05 Å². The average molecular weight is 332 g/mol. The van der Waals surface area contributed by atoms with E-state index in [4.69, 9.17) is 0 Å². The van der Waals surface area contributed by atoms with E-state index in [2.05, 4.69) is 81.0 Å². The number of rotatable bonds is 10. The Hall–Kier alpha value is -1.48. The van der Waals surface area contributed by atoms with Gasteiger partial charge in [-0.15, -0.1) is 0 Å². The molecule has 1 aromatic carbocycles. The Morgan fingerprint density at radius 3 is 2.25 bits per heavy atom. The summed E-state index contributed by atoms with van der Waals surface area (Å²) in [6, 6.07) is 9.15. The smallest absolute Gasteiger partial charge is 0.0354 e. The van der Waals surface area contributed by atoms with Crippen molar-refractivity contribution >= 4 is 5.69 Å². The molecule has 0 amide bonds. The van der Waals surface area contributed by atoms with Gasteiger partial charge in [-0.3, -0.25) is 4.90 Å². The summed E-state index contributed by atoms with van der Waals surface area (Å²) in [6.45, 7) is 18.5. The Bertz CT molecular complexity index is 473. The molecule has 2 atom stereocenters. The van der Waals surface area contributed by atoms with Crippen molar-refractivity contribution in [1.29, 1.82) is 0 Å². The lowest BCUT2D eigenvalue weighted by molar-refractivity contribution is 0.184. The van der Waals surface area contributed by atoms with Crippen molar-refractivity contribution in [1.82, 2.24) is 10.2 Å². The van der Waals surface area contributed by atoms with Crippen LogP contribution in [0, 0.1) is 11.3 Å². The van der Waals surface area contributed by atoms with Crippen molar-refractivity contribution in [3.8, 4) is 0 Å². The molecule has 2 unspecified atom stereocenters. The van der Waals surface area contributed by atoms with Gasteiger partial charge in [-0.25, -0.2) is 0 Å². The summed E-state index contributed by atoms with van der Waals surface area (Å²) >= 11 is 0. The van der Waals surface area contributed by atoms with Gasteiger partial charge in [-0.1, -0.05) is 46.4 Å². The van der Waals surface area contributed by atoms with Gasteiger partial charge in [0.05, 0.1) is 0 Å². The van der Waals surface area contributed by atoms with E-state index < -0.39 is 0 Å². The highest BCUT2D eigenvalue weighted by molar-refractivity contribution is 5.43. The van der Waals surface area contributed by atoms with Crippen LogP contribution >= 0.6 is 0 Å². The molecule has 2 N–H and O–H groups in total. The fourth-order valence-corrected chi connectivity index (χ4v) is 3.43. The average Bonchev–Trinajstić information content (AvgIpc) is 2.46. The van der Waals surface area contributed by atoms with Gasteiger partial charge in [-0.2, -0.15) is 0 Å². The summed E-state index contributed by atoms with van der Waals surface area (Å²) in [5, 5.41) is 6.49. The molecule has 0 aliphatic carbocycles. The normalized spacial score (nSPS) is 14.3. The van der Waals surface area contributed by atoms with Crippen LogP contribution in [0.15, 0.2) is 37.0 Å². The van der Waals surface area contributed by atoms with Crippen molar-refractivity contribution in [2.75, 3.05) is 25.5 Å². The Morgan fingerprint density at radius 1 is 1.12 bits per heavy atom. The van der Waals surface area contributed by atoms with Gasteiger partial charge in [0, 0.05) is 38.4 Å². The summed E-state index contributed by atoms with van der Waals surface area (Å²) < 4.78 is 0. The van der Waals surface area contributed by atoms with Crippen molar-refractivity contribution < 1.29 is 0 Å². The molecule has 0 radical (unpaired) electrons. The highest BCUT2D eigenvalue weighted by Crippen LogP contribution is 2.25. The maximum absolute atomic E-state index is 3.78. The molecular weight excluding hydrogens is 294 g/mol. The Kier molecular flexibility index (Phi) is 8.34. The zero-order valence-corrected chi connectivity index (χ0v) is 16.5. The topological polar surface area (TPSA) is 27.3 Å². The quantitative estimate of drug-likeness (QED) is 0.649. The molecule has 1 rings (SSSR count). The first-order valence-corrected chi connectivity index (χ1v) is 9.09. The van der Waals surface area contributed by atoms with Gasteiger partial charge >= 0.3 is 0 Å². The minimum atomic E-state index is 0.379. The SMILES string of the molecule is C=CNC(C)CN(Cc1ccc(NC)cc1)CC(C)CC(C)(C)C. The van der Waals surface area contributed by atoms with Gasteiger partial charge in [0.1, 0.15) is 0 Å². The maximum atomic E-state index is 3.78. The van der Waals surface area contributed by atoms with E-state index in [9.17, 15) is 0 Å². The molecule has 0 aliphatic heterocycles. The van der Waals surface area contributed by atoms with Crippen molar-refractivity contribution in [2.45, 2.75) is 53.6 Å². The predicted molar refractivity (Wildman–Crippen MR) is 107 cm³/mol. The van der Waals surface area contributed by atoms with Crippen LogP contribution in [0.25, 0.3) is 0 Å². The summed E-state index contributed by atoms with van der Waals surface area (Å²) in [4.78, 5) is 2.56. The van der Waals surface area contributed by atoms with E-state index in [-0.39, 0.29) is 0 Å². The van der Waals surface area contributed by atoms with Crippen LogP contribution in [0.4, 0.5) is 5.69 Å². The van der Waals surface area contributed by atoms with Crippen molar-refractivity contribution in [3.63, 3.8) is 0 Å². The monoisotopic (exact) mass is 331 g/mol. The number of hydrogen-bond acceptors (Lipinski definition) is 3. The molecule has 24 heavy (non-hydrogen) atoms. The molecular formula is C21H37N3. The Labute approximate surface area is 149 Å². The van der Waals surface area contributed by atoms with Crippen LogP contribution in [-0.4, -0.2) is 31.1 Å². The van der Waals surface area contributed by atoms with Gasteiger partial charge < -0.3 is 10.6 Å². The molecule has 0 heterocycles. The highest BCUT2D eigenvalue weighted by Gasteiger charge is 2.19. The second-order valence-corrected chi connectivity index (χ2v) is 8.28. The van der Waals surface area contributed by atoms with Crippen LogP contribution in [-0.2, 0) is 6.54 Å². The minimum Gasteiger partial charge on any atom is -0.388 e. The van der Waals surface area contributed by atoms with Crippen LogP contribution in [0.3, 0.4) is 0 Å². The fraction of sp³-hybridized carbons (Fsp3) is 0.619.